The summed E-state index contributed by atoms with van der Waals surface area (Å²) in [6, 6.07) is 6.69. The summed E-state index contributed by atoms with van der Waals surface area (Å²) in [4.78, 5) is 4.40. The van der Waals surface area contributed by atoms with Gasteiger partial charge >= 0.3 is 0 Å². The fourth-order valence-electron chi connectivity index (χ4n) is 1.80. The van der Waals surface area contributed by atoms with Gasteiger partial charge in [0.2, 0.25) is 0 Å². The van der Waals surface area contributed by atoms with Crippen LogP contribution in [0, 0.1) is 6.92 Å². The molecular formula is C11H17N3. The monoisotopic (exact) mass is 191 g/mol. The maximum atomic E-state index is 4.40. The highest BCUT2D eigenvalue weighted by atomic mass is 15.0. The highest BCUT2D eigenvalue weighted by molar-refractivity contribution is 5.35. The van der Waals surface area contributed by atoms with Crippen LogP contribution in [-0.4, -0.2) is 24.1 Å². The number of hydrogen-bond acceptors (Lipinski definition) is 3. The smallest absolute Gasteiger partial charge is 0.126 e. The minimum Gasteiger partial charge on any atom is -0.369 e. The Morgan fingerprint density at radius 2 is 2.50 bits per heavy atom. The van der Waals surface area contributed by atoms with Gasteiger partial charge in [-0.3, -0.25) is 0 Å². The highest BCUT2D eigenvalue weighted by Crippen LogP contribution is 2.07. The van der Waals surface area contributed by atoms with Crippen LogP contribution in [0.25, 0.3) is 0 Å². The van der Waals surface area contributed by atoms with Crippen LogP contribution in [0.3, 0.4) is 0 Å². The van der Waals surface area contributed by atoms with E-state index in [0.29, 0.717) is 6.04 Å². The van der Waals surface area contributed by atoms with Gasteiger partial charge in [0.05, 0.1) is 0 Å². The summed E-state index contributed by atoms with van der Waals surface area (Å²) in [6.45, 7) is 4.16. The van der Waals surface area contributed by atoms with Crippen LogP contribution in [0.4, 0.5) is 5.82 Å². The second kappa shape index (κ2) is 4.42. The number of hydrogen-bond donors (Lipinski definition) is 2. The molecule has 0 unspecified atom stereocenters. The third kappa shape index (κ3) is 2.45. The van der Waals surface area contributed by atoms with Crippen molar-refractivity contribution in [2.24, 2.45) is 0 Å². The molecule has 0 aliphatic carbocycles. The minimum atomic E-state index is 0.623. The molecule has 14 heavy (non-hydrogen) atoms. The first-order valence-corrected chi connectivity index (χ1v) is 5.25. The Labute approximate surface area is 84.9 Å². The quantitative estimate of drug-likeness (QED) is 0.761. The fourth-order valence-corrected chi connectivity index (χ4v) is 1.80. The zero-order valence-electron chi connectivity index (χ0n) is 8.59. The largest absolute Gasteiger partial charge is 0.369 e. The van der Waals surface area contributed by atoms with Gasteiger partial charge in [-0.2, -0.15) is 0 Å². The van der Waals surface area contributed by atoms with E-state index in [9.17, 15) is 0 Å². The van der Waals surface area contributed by atoms with Crippen molar-refractivity contribution in [3.05, 3.63) is 23.9 Å². The molecule has 2 heterocycles. The van der Waals surface area contributed by atoms with Crippen LogP contribution in [0.15, 0.2) is 18.2 Å². The number of nitrogens with one attached hydrogen (secondary N) is 2. The van der Waals surface area contributed by atoms with Crippen molar-refractivity contribution in [2.75, 3.05) is 18.4 Å². The van der Waals surface area contributed by atoms with Crippen molar-refractivity contribution >= 4 is 5.82 Å². The van der Waals surface area contributed by atoms with Crippen molar-refractivity contribution in [2.45, 2.75) is 25.8 Å². The van der Waals surface area contributed by atoms with Gasteiger partial charge < -0.3 is 10.6 Å². The van der Waals surface area contributed by atoms with Gasteiger partial charge in [0.25, 0.3) is 0 Å². The number of anilines is 1. The van der Waals surface area contributed by atoms with Crippen molar-refractivity contribution in [3.8, 4) is 0 Å². The zero-order valence-corrected chi connectivity index (χ0v) is 8.59. The first-order chi connectivity index (χ1) is 6.84. The molecule has 0 saturated carbocycles. The van der Waals surface area contributed by atoms with E-state index in [4.69, 9.17) is 0 Å². The Morgan fingerprint density at radius 3 is 3.21 bits per heavy atom. The van der Waals surface area contributed by atoms with Crippen LogP contribution in [0.5, 0.6) is 0 Å². The topological polar surface area (TPSA) is 37.0 Å². The lowest BCUT2D eigenvalue weighted by Gasteiger charge is -2.11. The molecule has 2 N–H and O–H groups in total. The second-order valence-electron chi connectivity index (χ2n) is 3.84. The standard InChI is InChI=1S/C11H17N3/c1-9-4-2-6-11(14-9)13-8-10-5-3-7-12-10/h2,4,6,10,12H,3,5,7-8H2,1H3,(H,13,14)/t10-/m0/s1. The number of rotatable bonds is 3. The first-order valence-electron chi connectivity index (χ1n) is 5.25. The number of nitrogens with zero attached hydrogens (tertiary/aromatic N) is 1. The average molecular weight is 191 g/mol. The maximum absolute atomic E-state index is 4.40. The fraction of sp³-hybridized carbons (Fsp3) is 0.545. The summed E-state index contributed by atoms with van der Waals surface area (Å²) in [7, 11) is 0. The molecule has 1 aliphatic rings. The number of aromatic nitrogens is 1. The molecule has 2 rings (SSSR count). The van der Waals surface area contributed by atoms with Gasteiger partial charge in [0.15, 0.2) is 0 Å². The van der Waals surface area contributed by atoms with Crippen molar-refractivity contribution in [3.63, 3.8) is 0 Å². The third-order valence-electron chi connectivity index (χ3n) is 2.58. The molecular weight excluding hydrogens is 174 g/mol. The maximum Gasteiger partial charge on any atom is 0.126 e. The predicted molar refractivity (Wildman–Crippen MR) is 58.5 cm³/mol. The molecule has 0 bridgehead atoms. The van der Waals surface area contributed by atoms with Gasteiger partial charge in [-0.25, -0.2) is 4.98 Å². The molecule has 0 radical (unpaired) electrons. The molecule has 1 fully saturated rings. The SMILES string of the molecule is Cc1cccc(NC[C@@H]2CCCN2)n1. The molecule has 1 aromatic heterocycles. The summed E-state index contributed by atoms with van der Waals surface area (Å²) >= 11 is 0. The van der Waals surface area contributed by atoms with Crippen LogP contribution >= 0.6 is 0 Å². The molecule has 3 nitrogen and oxygen atoms in total. The lowest BCUT2D eigenvalue weighted by molar-refractivity contribution is 0.632. The van der Waals surface area contributed by atoms with E-state index in [2.05, 4.69) is 15.6 Å². The van der Waals surface area contributed by atoms with E-state index >= 15 is 0 Å². The lowest BCUT2D eigenvalue weighted by atomic mass is 10.2. The van der Waals surface area contributed by atoms with E-state index in [1.165, 1.54) is 12.8 Å². The molecule has 0 amide bonds. The predicted octanol–water partition coefficient (Wildman–Crippen LogP) is 1.55. The average Bonchev–Trinajstić information content (AvgIpc) is 2.67. The number of pyridine rings is 1. The van der Waals surface area contributed by atoms with E-state index in [-0.39, 0.29) is 0 Å². The second-order valence-corrected chi connectivity index (χ2v) is 3.84. The highest BCUT2D eigenvalue weighted by Gasteiger charge is 2.13. The van der Waals surface area contributed by atoms with Gasteiger partial charge in [0, 0.05) is 18.3 Å². The summed E-state index contributed by atoms with van der Waals surface area (Å²) < 4.78 is 0. The summed E-state index contributed by atoms with van der Waals surface area (Å²) in [6.07, 6.45) is 2.58. The molecule has 1 aliphatic heterocycles. The van der Waals surface area contributed by atoms with Crippen LogP contribution in [0.2, 0.25) is 0 Å². The van der Waals surface area contributed by atoms with Crippen molar-refractivity contribution in [1.29, 1.82) is 0 Å². The van der Waals surface area contributed by atoms with Gasteiger partial charge in [-0.05, 0) is 38.4 Å². The Hall–Kier alpha value is -1.09. The van der Waals surface area contributed by atoms with E-state index in [0.717, 1.165) is 24.6 Å². The zero-order chi connectivity index (χ0) is 9.80. The summed E-state index contributed by atoms with van der Waals surface area (Å²) in [5.74, 6) is 0.985. The molecule has 1 atom stereocenters. The Kier molecular flexibility index (Phi) is 2.99. The van der Waals surface area contributed by atoms with Crippen molar-refractivity contribution < 1.29 is 0 Å². The Morgan fingerprint density at radius 1 is 1.57 bits per heavy atom. The van der Waals surface area contributed by atoms with Crippen LogP contribution in [-0.2, 0) is 0 Å². The molecule has 1 aromatic rings. The van der Waals surface area contributed by atoms with E-state index in [1.54, 1.807) is 0 Å². The van der Waals surface area contributed by atoms with Crippen LogP contribution < -0.4 is 10.6 Å². The summed E-state index contributed by atoms with van der Waals surface area (Å²) in [5, 5.41) is 6.80. The third-order valence-corrected chi connectivity index (χ3v) is 2.58. The van der Waals surface area contributed by atoms with Crippen LogP contribution in [0.1, 0.15) is 18.5 Å². The normalized spacial score (nSPS) is 21.1. The molecule has 0 aromatic carbocycles. The molecule has 3 heteroatoms. The molecule has 1 saturated heterocycles. The minimum absolute atomic E-state index is 0.623. The first kappa shape index (κ1) is 9.46. The van der Waals surface area contributed by atoms with E-state index in [1.807, 2.05) is 25.1 Å². The number of aryl methyl sites for hydroxylation is 1. The lowest BCUT2D eigenvalue weighted by Crippen LogP contribution is -2.29. The Bertz CT molecular complexity index is 292. The molecule has 0 spiro atoms. The van der Waals surface area contributed by atoms with E-state index < -0.39 is 0 Å². The molecule has 76 valence electrons. The summed E-state index contributed by atoms with van der Waals surface area (Å²) in [5.41, 5.74) is 1.06. The van der Waals surface area contributed by atoms with Gasteiger partial charge in [-0.1, -0.05) is 6.07 Å². The van der Waals surface area contributed by atoms with Crippen molar-refractivity contribution in [1.82, 2.24) is 10.3 Å². The Balaban J connectivity index is 1.85. The van der Waals surface area contributed by atoms with Gasteiger partial charge in [-0.15, -0.1) is 0 Å². The van der Waals surface area contributed by atoms with Gasteiger partial charge in [0.1, 0.15) is 5.82 Å².